The zero-order valence-corrected chi connectivity index (χ0v) is 15.3. The number of aliphatic carboxylic acids is 1. The Bertz CT molecular complexity index is 1290. The number of pyridine rings is 1. The second-order valence-electron chi connectivity index (χ2n) is 6.52. The number of ether oxygens (including phenoxy) is 1. The molecule has 0 aliphatic carbocycles. The van der Waals surface area contributed by atoms with E-state index in [2.05, 4.69) is 10.1 Å². The minimum absolute atomic E-state index is 0.202. The Balaban J connectivity index is 1.94. The van der Waals surface area contributed by atoms with Crippen LogP contribution in [0.5, 0.6) is 5.75 Å². The van der Waals surface area contributed by atoms with E-state index in [1.54, 1.807) is 31.2 Å². The van der Waals surface area contributed by atoms with Crippen LogP contribution >= 0.6 is 0 Å². The standard InChI is InChI=1S/C20H18N4O4/c1-10-14(8-5-9-15(10)28-11(2)20(26)27)24-18(21)16-17(23-24)12-6-3-4-7-13(12)22-19(16)25/h3-9,11H,21H2,1-2H3,(H,22,25)(H,26,27). The molecule has 1 unspecified atom stereocenters. The molecule has 8 nitrogen and oxygen atoms in total. The lowest BCUT2D eigenvalue weighted by Gasteiger charge is -2.15. The molecule has 0 aliphatic rings. The number of nitrogen functional groups attached to an aromatic ring is 1. The monoisotopic (exact) mass is 378 g/mol. The zero-order valence-electron chi connectivity index (χ0n) is 15.3. The average Bonchev–Trinajstić information content (AvgIpc) is 3.01. The van der Waals surface area contributed by atoms with E-state index in [0.29, 0.717) is 33.4 Å². The molecule has 0 radical (unpaired) electrons. The Labute approximate surface area is 159 Å². The van der Waals surface area contributed by atoms with Crippen LogP contribution in [0.15, 0.2) is 47.3 Å². The number of aromatic nitrogens is 3. The zero-order chi connectivity index (χ0) is 20.0. The van der Waals surface area contributed by atoms with Crippen LogP contribution in [0.25, 0.3) is 27.5 Å². The summed E-state index contributed by atoms with van der Waals surface area (Å²) in [6, 6.07) is 12.6. The van der Waals surface area contributed by atoms with Crippen LogP contribution in [0.4, 0.5) is 5.82 Å². The van der Waals surface area contributed by atoms with Crippen molar-refractivity contribution in [1.82, 2.24) is 14.8 Å². The van der Waals surface area contributed by atoms with Crippen LogP contribution in [0.3, 0.4) is 0 Å². The number of H-pyrrole nitrogens is 1. The van der Waals surface area contributed by atoms with Gasteiger partial charge in [0.05, 0.1) is 11.2 Å². The van der Waals surface area contributed by atoms with Crippen molar-refractivity contribution in [3.05, 3.63) is 58.4 Å². The molecule has 2 heterocycles. The van der Waals surface area contributed by atoms with Crippen LogP contribution in [0, 0.1) is 6.92 Å². The molecule has 0 amide bonds. The maximum Gasteiger partial charge on any atom is 0.344 e. The van der Waals surface area contributed by atoms with Crippen molar-refractivity contribution in [2.75, 3.05) is 5.73 Å². The van der Waals surface area contributed by atoms with Crippen molar-refractivity contribution >= 4 is 33.6 Å². The summed E-state index contributed by atoms with van der Waals surface area (Å²) in [6.45, 7) is 3.24. The van der Waals surface area contributed by atoms with Gasteiger partial charge in [-0.25, -0.2) is 9.48 Å². The number of hydrogen-bond acceptors (Lipinski definition) is 5. The van der Waals surface area contributed by atoms with E-state index in [4.69, 9.17) is 15.6 Å². The van der Waals surface area contributed by atoms with E-state index in [1.807, 2.05) is 18.2 Å². The molecule has 142 valence electrons. The number of nitrogens with one attached hydrogen (secondary N) is 1. The molecule has 0 saturated heterocycles. The number of benzene rings is 2. The number of carboxylic acid groups (broad SMARTS) is 1. The van der Waals surface area contributed by atoms with E-state index in [9.17, 15) is 9.59 Å². The predicted octanol–water partition coefficient (Wildman–Crippen LogP) is 2.61. The van der Waals surface area contributed by atoms with Gasteiger partial charge < -0.3 is 20.6 Å². The summed E-state index contributed by atoms with van der Waals surface area (Å²) in [6.07, 6.45) is -1.00. The fourth-order valence-corrected chi connectivity index (χ4v) is 3.21. The van der Waals surface area contributed by atoms with Crippen LogP contribution in [-0.4, -0.2) is 31.9 Å². The average molecular weight is 378 g/mol. The molecule has 0 aliphatic heterocycles. The number of para-hydroxylation sites is 1. The van der Waals surface area contributed by atoms with E-state index in [-0.39, 0.29) is 11.4 Å². The molecule has 2 aromatic carbocycles. The van der Waals surface area contributed by atoms with Crippen molar-refractivity contribution in [3.63, 3.8) is 0 Å². The maximum absolute atomic E-state index is 12.6. The smallest absolute Gasteiger partial charge is 0.344 e. The summed E-state index contributed by atoms with van der Waals surface area (Å²) in [4.78, 5) is 26.5. The summed E-state index contributed by atoms with van der Waals surface area (Å²) < 4.78 is 7.01. The molecule has 8 heteroatoms. The number of rotatable bonds is 4. The van der Waals surface area contributed by atoms with Crippen LogP contribution < -0.4 is 16.0 Å². The number of aromatic amines is 1. The molecule has 28 heavy (non-hydrogen) atoms. The Morgan fingerprint density at radius 2 is 2.00 bits per heavy atom. The number of hydrogen-bond donors (Lipinski definition) is 3. The van der Waals surface area contributed by atoms with Gasteiger partial charge >= 0.3 is 5.97 Å². The molecular formula is C20H18N4O4. The summed E-state index contributed by atoms with van der Waals surface area (Å²) in [5, 5.41) is 14.8. The third-order valence-electron chi connectivity index (χ3n) is 4.71. The number of carbonyl (C=O) groups is 1. The van der Waals surface area contributed by atoms with Crippen molar-refractivity contribution in [1.29, 1.82) is 0 Å². The van der Waals surface area contributed by atoms with Gasteiger partial charge in [0.1, 0.15) is 22.5 Å². The molecule has 0 spiro atoms. The van der Waals surface area contributed by atoms with Gasteiger partial charge in [0.2, 0.25) is 0 Å². The van der Waals surface area contributed by atoms with Crippen LogP contribution in [-0.2, 0) is 4.79 Å². The molecule has 4 N–H and O–H groups in total. The lowest BCUT2D eigenvalue weighted by Crippen LogP contribution is -2.23. The first-order chi connectivity index (χ1) is 13.4. The minimum Gasteiger partial charge on any atom is -0.479 e. The first-order valence-electron chi connectivity index (χ1n) is 8.67. The van der Waals surface area contributed by atoms with E-state index < -0.39 is 12.1 Å². The summed E-state index contributed by atoms with van der Waals surface area (Å²) in [5.74, 6) is -0.453. The normalized spacial score (nSPS) is 12.4. The van der Waals surface area contributed by atoms with Gasteiger partial charge in [0.15, 0.2) is 6.10 Å². The van der Waals surface area contributed by atoms with Crippen LogP contribution in [0.1, 0.15) is 12.5 Å². The number of carboxylic acids is 1. The van der Waals surface area contributed by atoms with Crippen LogP contribution in [0.2, 0.25) is 0 Å². The molecule has 2 aromatic heterocycles. The molecular weight excluding hydrogens is 360 g/mol. The second-order valence-corrected chi connectivity index (χ2v) is 6.52. The minimum atomic E-state index is -1.06. The van der Waals surface area contributed by atoms with Gasteiger partial charge in [0, 0.05) is 10.9 Å². The first kappa shape index (κ1) is 17.6. The molecule has 0 bridgehead atoms. The number of anilines is 1. The lowest BCUT2D eigenvalue weighted by atomic mass is 10.1. The fraction of sp³-hybridized carbons (Fsp3) is 0.150. The first-order valence-corrected chi connectivity index (χ1v) is 8.67. The highest BCUT2D eigenvalue weighted by Gasteiger charge is 2.20. The number of nitrogens with two attached hydrogens (primary N) is 1. The molecule has 4 rings (SSSR count). The highest BCUT2D eigenvalue weighted by Crippen LogP contribution is 2.30. The Kier molecular flexibility index (Phi) is 4.03. The number of fused-ring (bicyclic) bond motifs is 3. The largest absolute Gasteiger partial charge is 0.479 e. The van der Waals surface area contributed by atoms with Crippen molar-refractivity contribution < 1.29 is 14.6 Å². The summed E-state index contributed by atoms with van der Waals surface area (Å²) >= 11 is 0. The summed E-state index contributed by atoms with van der Waals surface area (Å²) in [7, 11) is 0. The summed E-state index contributed by atoms with van der Waals surface area (Å²) in [5.41, 5.74) is 8.40. The third-order valence-corrected chi connectivity index (χ3v) is 4.71. The van der Waals surface area contributed by atoms with Gasteiger partial charge in [-0.2, -0.15) is 5.10 Å². The molecule has 0 fully saturated rings. The van der Waals surface area contributed by atoms with Gasteiger partial charge in [-0.1, -0.05) is 24.3 Å². The molecule has 1 atom stereocenters. The van der Waals surface area contributed by atoms with Crippen molar-refractivity contribution in [2.24, 2.45) is 0 Å². The second kappa shape index (κ2) is 6.41. The van der Waals surface area contributed by atoms with Gasteiger partial charge in [0.25, 0.3) is 5.56 Å². The topological polar surface area (TPSA) is 123 Å². The SMILES string of the molecule is Cc1c(OC(C)C(=O)O)cccc1-n1nc2c(c1N)c(=O)[nH]c1ccccc12. The lowest BCUT2D eigenvalue weighted by molar-refractivity contribution is -0.144. The van der Waals surface area contributed by atoms with Gasteiger partial charge in [-0.05, 0) is 32.0 Å². The van der Waals surface area contributed by atoms with Crippen molar-refractivity contribution in [2.45, 2.75) is 20.0 Å². The van der Waals surface area contributed by atoms with E-state index in [1.165, 1.54) is 11.6 Å². The Hall–Kier alpha value is -3.81. The molecule has 0 saturated carbocycles. The van der Waals surface area contributed by atoms with E-state index in [0.717, 1.165) is 5.39 Å². The van der Waals surface area contributed by atoms with Crippen molar-refractivity contribution in [3.8, 4) is 11.4 Å². The Morgan fingerprint density at radius 3 is 2.75 bits per heavy atom. The van der Waals surface area contributed by atoms with Gasteiger partial charge in [-0.15, -0.1) is 0 Å². The fourth-order valence-electron chi connectivity index (χ4n) is 3.21. The van der Waals surface area contributed by atoms with E-state index >= 15 is 0 Å². The highest BCUT2D eigenvalue weighted by molar-refractivity contribution is 6.06. The maximum atomic E-state index is 12.6. The predicted molar refractivity (Wildman–Crippen MR) is 106 cm³/mol. The third kappa shape index (κ3) is 2.66. The number of nitrogens with zero attached hydrogens (tertiary/aromatic N) is 2. The van der Waals surface area contributed by atoms with Gasteiger partial charge in [-0.3, -0.25) is 4.79 Å². The molecule has 4 aromatic rings. The quantitative estimate of drug-likeness (QED) is 0.502. The highest BCUT2D eigenvalue weighted by atomic mass is 16.5. The Morgan fingerprint density at radius 1 is 1.25 bits per heavy atom.